The number of halogens is 1. The van der Waals surface area contributed by atoms with Crippen molar-refractivity contribution < 1.29 is 13.9 Å². The minimum atomic E-state index is -0.225. The van der Waals surface area contributed by atoms with E-state index in [0.717, 1.165) is 48.0 Å². The Balaban J connectivity index is 1.48. The summed E-state index contributed by atoms with van der Waals surface area (Å²) >= 11 is 0. The first-order valence-corrected chi connectivity index (χ1v) is 8.95. The Kier molecular flexibility index (Phi) is 4.25. The average Bonchev–Trinajstić information content (AvgIpc) is 3.07. The number of rotatable bonds is 4. The first-order chi connectivity index (χ1) is 12.1. The SMILES string of the molecule is Cc1[nH]c2ccc(F)cc2c1CCNC1C(=O)NCC12CCOCC2. The summed E-state index contributed by atoms with van der Waals surface area (Å²) in [4.78, 5) is 15.6. The topological polar surface area (TPSA) is 66.2 Å². The molecule has 1 aromatic heterocycles. The second-order valence-electron chi connectivity index (χ2n) is 7.25. The molecule has 134 valence electrons. The molecule has 2 aromatic rings. The van der Waals surface area contributed by atoms with Crippen molar-refractivity contribution in [3.8, 4) is 0 Å². The molecule has 1 aromatic carbocycles. The van der Waals surface area contributed by atoms with Crippen LogP contribution in [-0.2, 0) is 16.0 Å². The molecule has 2 aliphatic heterocycles. The highest BCUT2D eigenvalue weighted by Gasteiger charge is 2.48. The van der Waals surface area contributed by atoms with Gasteiger partial charge in [0.15, 0.2) is 0 Å². The molecular weight excluding hydrogens is 321 g/mol. The Hall–Kier alpha value is -1.92. The lowest BCUT2D eigenvalue weighted by Gasteiger charge is -2.36. The van der Waals surface area contributed by atoms with E-state index in [0.29, 0.717) is 19.8 Å². The molecule has 1 atom stereocenters. The summed E-state index contributed by atoms with van der Waals surface area (Å²) in [5.41, 5.74) is 3.09. The molecule has 0 bridgehead atoms. The van der Waals surface area contributed by atoms with Crippen LogP contribution < -0.4 is 10.6 Å². The fourth-order valence-corrected chi connectivity index (χ4v) is 4.32. The molecule has 1 amide bonds. The maximum atomic E-state index is 13.6. The molecule has 3 heterocycles. The van der Waals surface area contributed by atoms with Crippen LogP contribution in [0.1, 0.15) is 24.1 Å². The lowest BCUT2D eigenvalue weighted by Crippen LogP contribution is -2.49. The number of aromatic nitrogens is 1. The molecule has 25 heavy (non-hydrogen) atoms. The van der Waals surface area contributed by atoms with Gasteiger partial charge in [0.05, 0.1) is 6.04 Å². The van der Waals surface area contributed by atoms with E-state index in [1.54, 1.807) is 12.1 Å². The fraction of sp³-hybridized carbons (Fsp3) is 0.526. The van der Waals surface area contributed by atoms with Crippen LogP contribution in [0.5, 0.6) is 0 Å². The van der Waals surface area contributed by atoms with Crippen molar-refractivity contribution >= 4 is 16.8 Å². The summed E-state index contributed by atoms with van der Waals surface area (Å²) in [6, 6.07) is 4.66. The standard InChI is InChI=1S/C19H24FN3O2/c1-12-14(15-10-13(20)2-3-16(15)23-12)4-7-21-17-18(24)22-11-19(17)5-8-25-9-6-19/h2-3,10,17,21,23H,4-9,11H2,1H3,(H,22,24). The third-order valence-corrected chi connectivity index (χ3v) is 5.78. The van der Waals surface area contributed by atoms with Gasteiger partial charge in [-0.2, -0.15) is 0 Å². The normalized spacial score (nSPS) is 22.6. The second-order valence-corrected chi connectivity index (χ2v) is 7.25. The van der Waals surface area contributed by atoms with E-state index >= 15 is 0 Å². The number of benzene rings is 1. The molecule has 2 saturated heterocycles. The molecule has 5 nitrogen and oxygen atoms in total. The summed E-state index contributed by atoms with van der Waals surface area (Å²) in [5, 5.41) is 7.40. The van der Waals surface area contributed by atoms with E-state index in [2.05, 4.69) is 15.6 Å². The smallest absolute Gasteiger partial charge is 0.237 e. The second kappa shape index (κ2) is 6.42. The lowest BCUT2D eigenvalue weighted by atomic mass is 9.76. The zero-order valence-corrected chi connectivity index (χ0v) is 14.5. The zero-order valence-electron chi connectivity index (χ0n) is 14.5. The van der Waals surface area contributed by atoms with Gasteiger partial charge in [-0.3, -0.25) is 4.79 Å². The predicted octanol–water partition coefficient (Wildman–Crippen LogP) is 2.04. The van der Waals surface area contributed by atoms with Crippen LogP contribution in [0.4, 0.5) is 4.39 Å². The summed E-state index contributed by atoms with van der Waals surface area (Å²) in [6.07, 6.45) is 2.56. The third kappa shape index (κ3) is 2.93. The van der Waals surface area contributed by atoms with Gasteiger partial charge >= 0.3 is 0 Å². The number of carbonyl (C=O) groups is 1. The quantitative estimate of drug-likeness (QED) is 0.794. The fourth-order valence-electron chi connectivity index (χ4n) is 4.32. The van der Waals surface area contributed by atoms with Gasteiger partial charge in [-0.05, 0) is 49.9 Å². The molecule has 2 fully saturated rings. The number of hydrogen-bond acceptors (Lipinski definition) is 3. The monoisotopic (exact) mass is 345 g/mol. The van der Waals surface area contributed by atoms with Gasteiger partial charge in [0.25, 0.3) is 0 Å². The Morgan fingerprint density at radius 2 is 2.16 bits per heavy atom. The Morgan fingerprint density at radius 1 is 1.36 bits per heavy atom. The Morgan fingerprint density at radius 3 is 2.96 bits per heavy atom. The van der Waals surface area contributed by atoms with Crippen molar-refractivity contribution in [1.29, 1.82) is 0 Å². The molecule has 0 aliphatic carbocycles. The largest absolute Gasteiger partial charge is 0.381 e. The minimum absolute atomic E-state index is 0.0311. The molecule has 4 rings (SSSR count). The van der Waals surface area contributed by atoms with Gasteiger partial charge in [-0.1, -0.05) is 0 Å². The number of hydrogen-bond donors (Lipinski definition) is 3. The first kappa shape index (κ1) is 16.5. The third-order valence-electron chi connectivity index (χ3n) is 5.78. The van der Waals surface area contributed by atoms with Crippen molar-refractivity contribution in [2.24, 2.45) is 5.41 Å². The van der Waals surface area contributed by atoms with E-state index < -0.39 is 0 Å². The van der Waals surface area contributed by atoms with Crippen molar-refractivity contribution in [2.45, 2.75) is 32.2 Å². The van der Waals surface area contributed by atoms with Crippen molar-refractivity contribution in [3.63, 3.8) is 0 Å². The number of aromatic amines is 1. The predicted molar refractivity (Wildman–Crippen MR) is 94.0 cm³/mol. The van der Waals surface area contributed by atoms with Gasteiger partial charge in [-0.15, -0.1) is 0 Å². The van der Waals surface area contributed by atoms with Crippen LogP contribution in [0.2, 0.25) is 0 Å². The van der Waals surface area contributed by atoms with Crippen LogP contribution in [0.25, 0.3) is 10.9 Å². The van der Waals surface area contributed by atoms with Crippen LogP contribution in [-0.4, -0.2) is 43.2 Å². The van der Waals surface area contributed by atoms with Crippen LogP contribution in [0.15, 0.2) is 18.2 Å². The minimum Gasteiger partial charge on any atom is -0.381 e. The molecule has 0 saturated carbocycles. The molecule has 1 unspecified atom stereocenters. The van der Waals surface area contributed by atoms with Crippen molar-refractivity contribution in [2.75, 3.05) is 26.3 Å². The highest BCUT2D eigenvalue weighted by atomic mass is 19.1. The van der Waals surface area contributed by atoms with Gasteiger partial charge in [0, 0.05) is 48.3 Å². The number of H-pyrrole nitrogens is 1. The molecule has 1 spiro atoms. The Bertz CT molecular complexity index is 795. The maximum Gasteiger partial charge on any atom is 0.237 e. The number of ether oxygens (including phenoxy) is 1. The molecule has 0 radical (unpaired) electrons. The summed E-state index contributed by atoms with van der Waals surface area (Å²) in [7, 11) is 0. The first-order valence-electron chi connectivity index (χ1n) is 8.95. The number of nitrogens with one attached hydrogen (secondary N) is 3. The van der Waals surface area contributed by atoms with Gasteiger partial charge < -0.3 is 20.4 Å². The number of fused-ring (bicyclic) bond motifs is 1. The van der Waals surface area contributed by atoms with Crippen molar-refractivity contribution in [1.82, 2.24) is 15.6 Å². The maximum absolute atomic E-state index is 13.6. The zero-order chi connectivity index (χ0) is 17.4. The molecule has 6 heteroatoms. The number of aryl methyl sites for hydroxylation is 1. The average molecular weight is 345 g/mol. The molecule has 3 N–H and O–H groups in total. The molecular formula is C19H24FN3O2. The van der Waals surface area contributed by atoms with Gasteiger partial charge in [0.1, 0.15) is 5.82 Å². The van der Waals surface area contributed by atoms with E-state index in [1.807, 2.05) is 6.92 Å². The van der Waals surface area contributed by atoms with Gasteiger partial charge in [0.2, 0.25) is 5.91 Å². The van der Waals surface area contributed by atoms with E-state index in [9.17, 15) is 9.18 Å². The highest BCUT2D eigenvalue weighted by Crippen LogP contribution is 2.37. The summed E-state index contributed by atoms with van der Waals surface area (Å²) in [5.74, 6) is -0.138. The van der Waals surface area contributed by atoms with E-state index in [4.69, 9.17) is 4.74 Å². The highest BCUT2D eigenvalue weighted by molar-refractivity contribution is 5.86. The number of amides is 1. The van der Waals surface area contributed by atoms with Gasteiger partial charge in [-0.25, -0.2) is 4.39 Å². The Labute approximate surface area is 146 Å². The van der Waals surface area contributed by atoms with Crippen LogP contribution >= 0.6 is 0 Å². The van der Waals surface area contributed by atoms with E-state index in [1.165, 1.54) is 6.07 Å². The lowest BCUT2D eigenvalue weighted by molar-refractivity contribution is -0.122. The van der Waals surface area contributed by atoms with Crippen LogP contribution in [0, 0.1) is 18.2 Å². The molecule has 2 aliphatic rings. The summed E-state index contributed by atoms with van der Waals surface area (Å²) < 4.78 is 19.1. The number of carbonyl (C=O) groups excluding carboxylic acids is 1. The van der Waals surface area contributed by atoms with Crippen LogP contribution in [0.3, 0.4) is 0 Å². The summed E-state index contributed by atoms with van der Waals surface area (Å²) in [6.45, 7) is 4.85. The van der Waals surface area contributed by atoms with E-state index in [-0.39, 0.29) is 23.2 Å². The van der Waals surface area contributed by atoms with Crippen molar-refractivity contribution in [3.05, 3.63) is 35.3 Å².